The topological polar surface area (TPSA) is 98.8 Å². The quantitative estimate of drug-likeness (QED) is 0.121. The second-order valence-corrected chi connectivity index (χ2v) is 14.6. The van der Waals surface area contributed by atoms with Crippen molar-refractivity contribution in [3.05, 3.63) is 72.8 Å². The first-order chi connectivity index (χ1) is 21.2. The highest BCUT2D eigenvalue weighted by Gasteiger charge is 2.26. The Hall–Kier alpha value is -3.08. The number of benzene rings is 3. The highest BCUT2D eigenvalue weighted by Crippen LogP contribution is 2.32. The zero-order chi connectivity index (χ0) is 32.0. The molecule has 242 valence electrons. The SMILES string of the molecule is CCCCCCN(CCCCCC)c1ccc(Nc2ccc(NS(=O)(=O)c3ccccc3)cc2S(=O)(=O)N(CC)CC)cc1. The van der Waals surface area contributed by atoms with Gasteiger partial charge in [-0.05, 0) is 67.4 Å². The standard InChI is InChI=1S/C34H50N4O4S2/c1-5-9-11-16-26-37(27-17-12-10-6-2)31-23-20-29(21-24-31)35-33-25-22-30(28-34(33)44(41,42)38(7-3)8-4)36-43(39,40)32-18-14-13-15-19-32/h13-15,18-25,28,35-36H,5-12,16-17,26-27H2,1-4H3. The summed E-state index contributed by atoms with van der Waals surface area (Å²) in [6.45, 7) is 10.6. The molecule has 3 rings (SSSR count). The van der Waals surface area contributed by atoms with E-state index in [9.17, 15) is 16.8 Å². The molecule has 8 nitrogen and oxygen atoms in total. The van der Waals surface area contributed by atoms with Crippen molar-refractivity contribution in [1.82, 2.24) is 4.31 Å². The molecule has 3 aromatic rings. The van der Waals surface area contributed by atoms with Crippen LogP contribution in [0.2, 0.25) is 0 Å². The molecular formula is C34H50N4O4S2. The Morgan fingerprint density at radius 3 is 1.75 bits per heavy atom. The number of hydrogen-bond donors (Lipinski definition) is 2. The molecule has 0 aliphatic carbocycles. The number of unbranched alkanes of at least 4 members (excludes halogenated alkanes) is 6. The van der Waals surface area contributed by atoms with Crippen molar-refractivity contribution in [2.24, 2.45) is 0 Å². The van der Waals surface area contributed by atoms with E-state index in [1.165, 1.54) is 61.0 Å². The molecule has 0 bridgehead atoms. The van der Waals surface area contributed by atoms with Crippen molar-refractivity contribution >= 4 is 42.8 Å². The van der Waals surface area contributed by atoms with Gasteiger partial charge in [-0.1, -0.05) is 84.4 Å². The molecule has 0 amide bonds. The van der Waals surface area contributed by atoms with Gasteiger partial charge in [-0.3, -0.25) is 4.72 Å². The van der Waals surface area contributed by atoms with Crippen LogP contribution in [0.25, 0.3) is 0 Å². The summed E-state index contributed by atoms with van der Waals surface area (Å²) in [5.41, 5.74) is 2.45. The fraction of sp³-hybridized carbons (Fsp3) is 0.471. The van der Waals surface area contributed by atoms with Gasteiger partial charge in [-0.15, -0.1) is 0 Å². The van der Waals surface area contributed by atoms with E-state index in [4.69, 9.17) is 0 Å². The Balaban J connectivity index is 1.89. The van der Waals surface area contributed by atoms with Gasteiger partial charge in [0.05, 0.1) is 16.3 Å². The van der Waals surface area contributed by atoms with Crippen LogP contribution in [0.1, 0.15) is 79.1 Å². The maximum atomic E-state index is 13.7. The Morgan fingerprint density at radius 2 is 1.20 bits per heavy atom. The van der Waals surface area contributed by atoms with Crippen molar-refractivity contribution in [3.63, 3.8) is 0 Å². The normalized spacial score (nSPS) is 11.9. The van der Waals surface area contributed by atoms with Gasteiger partial charge in [0.1, 0.15) is 4.90 Å². The zero-order valence-electron chi connectivity index (χ0n) is 26.8. The fourth-order valence-electron chi connectivity index (χ4n) is 5.16. The average Bonchev–Trinajstić information content (AvgIpc) is 3.02. The van der Waals surface area contributed by atoms with Crippen LogP contribution in [0.3, 0.4) is 0 Å². The first-order valence-electron chi connectivity index (χ1n) is 16.0. The summed E-state index contributed by atoms with van der Waals surface area (Å²) in [5.74, 6) is 0. The summed E-state index contributed by atoms with van der Waals surface area (Å²) in [5, 5.41) is 3.29. The maximum absolute atomic E-state index is 13.7. The van der Waals surface area contributed by atoms with Gasteiger partial charge in [-0.2, -0.15) is 4.31 Å². The van der Waals surface area contributed by atoms with Gasteiger partial charge in [-0.25, -0.2) is 16.8 Å². The molecular weight excluding hydrogens is 593 g/mol. The summed E-state index contributed by atoms with van der Waals surface area (Å²) in [6.07, 6.45) is 9.69. The van der Waals surface area contributed by atoms with E-state index < -0.39 is 20.0 Å². The van der Waals surface area contributed by atoms with Crippen LogP contribution in [0, 0.1) is 0 Å². The molecule has 3 aromatic carbocycles. The highest BCUT2D eigenvalue weighted by molar-refractivity contribution is 7.92. The number of rotatable bonds is 20. The van der Waals surface area contributed by atoms with Gasteiger partial charge < -0.3 is 10.2 Å². The van der Waals surface area contributed by atoms with Crippen molar-refractivity contribution < 1.29 is 16.8 Å². The molecule has 0 unspecified atom stereocenters. The Kier molecular flexibility index (Phi) is 14.0. The fourth-order valence-corrected chi connectivity index (χ4v) is 7.86. The molecule has 0 aliphatic rings. The van der Waals surface area contributed by atoms with Gasteiger partial charge in [0.25, 0.3) is 10.0 Å². The average molecular weight is 643 g/mol. The predicted molar refractivity (Wildman–Crippen MR) is 184 cm³/mol. The molecule has 10 heteroatoms. The van der Waals surface area contributed by atoms with E-state index in [0.717, 1.165) is 37.3 Å². The van der Waals surface area contributed by atoms with E-state index in [-0.39, 0.29) is 15.5 Å². The third kappa shape index (κ3) is 9.97. The van der Waals surface area contributed by atoms with Gasteiger partial charge in [0.15, 0.2) is 0 Å². The van der Waals surface area contributed by atoms with Crippen LogP contribution < -0.4 is 14.9 Å². The second kappa shape index (κ2) is 17.4. The number of anilines is 4. The van der Waals surface area contributed by atoms with Gasteiger partial charge in [0, 0.05) is 37.6 Å². The van der Waals surface area contributed by atoms with Crippen LogP contribution in [0.15, 0.2) is 82.6 Å². The number of hydrogen-bond acceptors (Lipinski definition) is 6. The lowest BCUT2D eigenvalue weighted by Crippen LogP contribution is -2.31. The molecule has 2 N–H and O–H groups in total. The zero-order valence-corrected chi connectivity index (χ0v) is 28.4. The minimum Gasteiger partial charge on any atom is -0.372 e. The largest absolute Gasteiger partial charge is 0.372 e. The summed E-state index contributed by atoms with van der Waals surface area (Å²) in [4.78, 5) is 2.56. The third-order valence-electron chi connectivity index (χ3n) is 7.69. The summed E-state index contributed by atoms with van der Waals surface area (Å²) in [6, 6.07) is 20.7. The monoisotopic (exact) mass is 642 g/mol. The lowest BCUT2D eigenvalue weighted by molar-refractivity contribution is 0.445. The third-order valence-corrected chi connectivity index (χ3v) is 11.2. The molecule has 0 heterocycles. The Morgan fingerprint density at radius 1 is 0.636 bits per heavy atom. The van der Waals surface area contributed by atoms with Crippen LogP contribution in [-0.2, 0) is 20.0 Å². The molecule has 0 atom stereocenters. The van der Waals surface area contributed by atoms with Crippen LogP contribution >= 0.6 is 0 Å². The van der Waals surface area contributed by atoms with Crippen LogP contribution in [0.5, 0.6) is 0 Å². The van der Waals surface area contributed by atoms with Crippen LogP contribution in [0.4, 0.5) is 22.7 Å². The Labute approximate surface area is 266 Å². The van der Waals surface area contributed by atoms with Crippen molar-refractivity contribution in [3.8, 4) is 0 Å². The molecule has 44 heavy (non-hydrogen) atoms. The smallest absolute Gasteiger partial charge is 0.261 e. The molecule has 0 aliphatic heterocycles. The van der Waals surface area contributed by atoms with Crippen molar-refractivity contribution in [2.45, 2.75) is 88.9 Å². The van der Waals surface area contributed by atoms with E-state index in [0.29, 0.717) is 18.8 Å². The van der Waals surface area contributed by atoms with E-state index >= 15 is 0 Å². The first-order valence-corrected chi connectivity index (χ1v) is 18.9. The number of nitrogens with zero attached hydrogens (tertiary/aromatic N) is 2. The Bertz CT molecular complexity index is 1480. The molecule has 0 radical (unpaired) electrons. The predicted octanol–water partition coefficient (Wildman–Crippen LogP) is 8.23. The first kappa shape index (κ1) is 35.4. The summed E-state index contributed by atoms with van der Waals surface area (Å²) >= 11 is 0. The molecule has 0 spiro atoms. The lowest BCUT2D eigenvalue weighted by atomic mass is 10.1. The summed E-state index contributed by atoms with van der Waals surface area (Å²) in [7, 11) is -7.81. The number of nitrogens with one attached hydrogen (secondary N) is 2. The molecule has 0 fully saturated rings. The molecule has 0 saturated carbocycles. The van der Waals surface area contributed by atoms with Gasteiger partial charge >= 0.3 is 0 Å². The van der Waals surface area contributed by atoms with Crippen molar-refractivity contribution in [1.29, 1.82) is 0 Å². The van der Waals surface area contributed by atoms with E-state index in [1.807, 2.05) is 12.1 Å². The maximum Gasteiger partial charge on any atom is 0.261 e. The minimum atomic E-state index is -3.92. The number of sulfonamides is 2. The minimum absolute atomic E-state index is 0.00649. The second-order valence-electron chi connectivity index (χ2n) is 11.0. The lowest BCUT2D eigenvalue weighted by Gasteiger charge is -2.25. The van der Waals surface area contributed by atoms with E-state index in [1.54, 1.807) is 44.2 Å². The van der Waals surface area contributed by atoms with E-state index in [2.05, 4.69) is 40.9 Å². The van der Waals surface area contributed by atoms with Gasteiger partial charge in [0.2, 0.25) is 10.0 Å². The molecule has 0 saturated heterocycles. The molecule has 0 aromatic heterocycles. The highest BCUT2D eigenvalue weighted by atomic mass is 32.2. The van der Waals surface area contributed by atoms with Crippen molar-refractivity contribution in [2.75, 3.05) is 41.1 Å². The van der Waals surface area contributed by atoms with Crippen LogP contribution in [-0.4, -0.2) is 47.3 Å². The summed E-state index contributed by atoms with van der Waals surface area (Å²) < 4.78 is 57.3.